The van der Waals surface area contributed by atoms with E-state index in [1.807, 2.05) is 6.07 Å². The summed E-state index contributed by atoms with van der Waals surface area (Å²) in [6.07, 6.45) is 4.51. The van der Waals surface area contributed by atoms with Gasteiger partial charge in [-0.1, -0.05) is 12.1 Å². The third-order valence-corrected chi connectivity index (χ3v) is 4.87. The average molecular weight is 489 g/mol. The van der Waals surface area contributed by atoms with Crippen molar-refractivity contribution in [2.24, 2.45) is 0 Å². The highest BCUT2D eigenvalue weighted by atomic mass is 19.4. The van der Waals surface area contributed by atoms with E-state index >= 15 is 0 Å². The Morgan fingerprint density at radius 2 is 1.64 bits per heavy atom. The van der Waals surface area contributed by atoms with Gasteiger partial charge in [0.2, 0.25) is 0 Å². The number of benzene rings is 1. The zero-order chi connectivity index (χ0) is 25.5. The molecule has 180 valence electrons. The second kappa shape index (κ2) is 10.6. The number of alkyl halides is 3. The number of carbonyl (C=O) groups excluding carboxylic acids is 1. The van der Waals surface area contributed by atoms with Gasteiger partial charge in [-0.05, 0) is 48.0 Å². The van der Waals surface area contributed by atoms with E-state index in [0.29, 0.717) is 11.6 Å². The minimum atomic E-state index is -4.74. The normalized spacial score (nSPS) is 11.6. The summed E-state index contributed by atoms with van der Waals surface area (Å²) >= 11 is 0. The molecule has 0 spiro atoms. The van der Waals surface area contributed by atoms with Crippen LogP contribution in [0.25, 0.3) is 11.1 Å². The van der Waals surface area contributed by atoms with Crippen molar-refractivity contribution in [3.8, 4) is 11.1 Å². The first-order valence-corrected chi connectivity index (χ1v) is 10.5. The van der Waals surface area contributed by atoms with Crippen molar-refractivity contribution in [2.45, 2.75) is 6.18 Å². The highest BCUT2D eigenvalue weighted by Crippen LogP contribution is 2.28. The Bertz CT molecular complexity index is 1390. The Labute approximate surface area is 203 Å². The maximum atomic E-state index is 13.5. The molecule has 1 amide bonds. The van der Waals surface area contributed by atoms with E-state index in [9.17, 15) is 18.0 Å². The topological polar surface area (TPSA) is 117 Å². The largest absolute Gasteiger partial charge is 0.431 e. The Balaban J connectivity index is 1.46. The molecule has 0 saturated carbocycles. The lowest BCUT2D eigenvalue weighted by Gasteiger charge is -2.15. The second-order valence-corrected chi connectivity index (χ2v) is 7.43. The van der Waals surface area contributed by atoms with Gasteiger partial charge in [0, 0.05) is 41.5 Å². The molecule has 11 heteroatoms. The van der Waals surface area contributed by atoms with Crippen LogP contribution in [0.15, 0.2) is 97.6 Å². The lowest BCUT2D eigenvalue weighted by Crippen LogP contribution is -2.21. The van der Waals surface area contributed by atoms with E-state index < -0.39 is 17.8 Å². The molecular weight excluding hydrogens is 471 g/mol. The van der Waals surface area contributed by atoms with Crippen molar-refractivity contribution in [3.63, 3.8) is 0 Å². The maximum absolute atomic E-state index is 13.5. The van der Waals surface area contributed by atoms with Gasteiger partial charge < -0.3 is 16.0 Å². The summed E-state index contributed by atoms with van der Waals surface area (Å²) in [6.45, 7) is 0. The van der Waals surface area contributed by atoms with Crippen LogP contribution in [-0.4, -0.2) is 37.7 Å². The van der Waals surface area contributed by atoms with E-state index in [0.717, 1.165) is 17.3 Å². The van der Waals surface area contributed by atoms with Gasteiger partial charge in [-0.2, -0.15) is 13.2 Å². The number of hydrogen-bond acceptors (Lipinski definition) is 7. The lowest BCUT2D eigenvalue weighted by atomic mass is 10.1. The van der Waals surface area contributed by atoms with Crippen LogP contribution in [0.5, 0.6) is 0 Å². The fraction of sp³-hybridized carbons (Fsp3) is 0.0400. The molecule has 36 heavy (non-hydrogen) atoms. The number of pyridine rings is 2. The SMILES string of the molecule is N=C(/C=C(\Nc1ccc(NC(=O)c2cccc(-c3cncnc3)c2)nc1)C(F)(F)F)c1cccnc1. The number of nitrogens with one attached hydrogen (secondary N) is 3. The third kappa shape index (κ3) is 6.14. The monoisotopic (exact) mass is 489 g/mol. The summed E-state index contributed by atoms with van der Waals surface area (Å²) in [5.41, 5.74) is 0.616. The summed E-state index contributed by atoms with van der Waals surface area (Å²) in [5.74, 6) is -0.289. The molecule has 4 rings (SSSR count). The summed E-state index contributed by atoms with van der Waals surface area (Å²) in [7, 11) is 0. The fourth-order valence-corrected chi connectivity index (χ4v) is 3.11. The first-order valence-electron chi connectivity index (χ1n) is 10.5. The zero-order valence-electron chi connectivity index (χ0n) is 18.5. The number of rotatable bonds is 7. The number of amides is 1. The molecule has 0 bridgehead atoms. The standard InChI is InChI=1S/C25H18F3N7O/c26-25(27,28)22(10-21(29)18-5-2-8-30-11-18)34-20-6-7-23(33-14-20)35-24(36)17-4-1-3-16(9-17)19-12-31-15-32-13-19/h1-15,29,34H,(H,33,35,36)/b22-10-,29-21?. The summed E-state index contributed by atoms with van der Waals surface area (Å²) in [5, 5.41) is 12.8. The molecule has 0 saturated heterocycles. The molecule has 3 aromatic heterocycles. The van der Waals surface area contributed by atoms with Crippen molar-refractivity contribution in [2.75, 3.05) is 10.6 Å². The van der Waals surface area contributed by atoms with E-state index in [1.54, 1.807) is 30.6 Å². The molecule has 1 aromatic carbocycles. The predicted octanol–water partition coefficient (Wildman–Crippen LogP) is 5.11. The Kier molecular flexibility index (Phi) is 7.10. The molecule has 0 unspecified atom stereocenters. The van der Waals surface area contributed by atoms with Gasteiger partial charge in [-0.25, -0.2) is 15.0 Å². The van der Waals surface area contributed by atoms with E-state index in [4.69, 9.17) is 5.41 Å². The first-order chi connectivity index (χ1) is 17.3. The van der Waals surface area contributed by atoms with Crippen LogP contribution >= 0.6 is 0 Å². The number of hydrogen-bond donors (Lipinski definition) is 3. The van der Waals surface area contributed by atoms with Crippen molar-refractivity contribution < 1.29 is 18.0 Å². The highest BCUT2D eigenvalue weighted by Gasteiger charge is 2.34. The molecule has 0 aliphatic heterocycles. The molecule has 3 N–H and O–H groups in total. The number of anilines is 2. The van der Waals surface area contributed by atoms with Gasteiger partial charge in [0.1, 0.15) is 17.8 Å². The highest BCUT2D eigenvalue weighted by molar-refractivity contribution is 6.07. The van der Waals surface area contributed by atoms with Crippen LogP contribution in [0, 0.1) is 5.41 Å². The Morgan fingerprint density at radius 1 is 0.861 bits per heavy atom. The quantitative estimate of drug-likeness (QED) is 0.311. The minimum Gasteiger partial charge on any atom is -0.350 e. The van der Waals surface area contributed by atoms with E-state index in [-0.39, 0.29) is 22.8 Å². The average Bonchev–Trinajstić information content (AvgIpc) is 2.90. The number of nitrogens with zero attached hydrogens (tertiary/aromatic N) is 4. The summed E-state index contributed by atoms with van der Waals surface area (Å²) in [4.78, 5) is 28.4. The van der Waals surface area contributed by atoms with Gasteiger partial charge in [0.15, 0.2) is 0 Å². The van der Waals surface area contributed by atoms with Gasteiger partial charge in [-0.3, -0.25) is 9.78 Å². The van der Waals surface area contributed by atoms with Crippen LogP contribution in [-0.2, 0) is 0 Å². The van der Waals surface area contributed by atoms with Crippen molar-refractivity contribution in [1.29, 1.82) is 5.41 Å². The molecule has 4 aromatic rings. The number of halogens is 3. The first kappa shape index (κ1) is 24.2. The number of aromatic nitrogens is 4. The van der Waals surface area contributed by atoms with Gasteiger partial charge in [0.25, 0.3) is 5.91 Å². The zero-order valence-corrected chi connectivity index (χ0v) is 18.5. The number of allylic oxidation sites excluding steroid dienone is 2. The molecule has 0 atom stereocenters. The van der Waals surface area contributed by atoms with E-state index in [1.165, 1.54) is 43.0 Å². The molecule has 0 radical (unpaired) electrons. The molecule has 3 heterocycles. The predicted molar refractivity (Wildman–Crippen MR) is 128 cm³/mol. The fourth-order valence-electron chi connectivity index (χ4n) is 3.11. The third-order valence-electron chi connectivity index (χ3n) is 4.87. The van der Waals surface area contributed by atoms with E-state index in [2.05, 4.69) is 30.6 Å². The van der Waals surface area contributed by atoms with Crippen LogP contribution in [0.2, 0.25) is 0 Å². The maximum Gasteiger partial charge on any atom is 0.431 e. The van der Waals surface area contributed by atoms with Crippen LogP contribution in [0.4, 0.5) is 24.7 Å². The smallest absolute Gasteiger partial charge is 0.350 e. The van der Waals surface area contributed by atoms with Gasteiger partial charge >= 0.3 is 6.18 Å². The van der Waals surface area contributed by atoms with Gasteiger partial charge in [-0.15, -0.1) is 0 Å². The molecule has 8 nitrogen and oxygen atoms in total. The molecular formula is C25H18F3N7O. The van der Waals surface area contributed by atoms with Crippen molar-refractivity contribution >= 4 is 23.1 Å². The second-order valence-electron chi connectivity index (χ2n) is 7.43. The van der Waals surface area contributed by atoms with Crippen molar-refractivity contribution in [1.82, 2.24) is 19.9 Å². The Morgan fingerprint density at radius 3 is 2.31 bits per heavy atom. The summed E-state index contributed by atoms with van der Waals surface area (Å²) in [6, 6.07) is 12.5. The Hall–Kier alpha value is -4.93. The van der Waals surface area contributed by atoms with Crippen molar-refractivity contribution in [3.05, 3.63) is 109 Å². The van der Waals surface area contributed by atoms with Crippen LogP contribution < -0.4 is 10.6 Å². The minimum absolute atomic E-state index is 0.0293. The summed E-state index contributed by atoms with van der Waals surface area (Å²) < 4.78 is 40.6. The molecule has 0 aliphatic rings. The molecule has 0 aliphatic carbocycles. The van der Waals surface area contributed by atoms with Gasteiger partial charge in [0.05, 0.1) is 17.6 Å². The van der Waals surface area contributed by atoms with Crippen LogP contribution in [0.3, 0.4) is 0 Å². The molecule has 0 fully saturated rings. The van der Waals surface area contributed by atoms with Crippen LogP contribution in [0.1, 0.15) is 15.9 Å². The lowest BCUT2D eigenvalue weighted by molar-refractivity contribution is -0.0901. The number of carbonyl (C=O) groups is 1.